The zero-order valence-electron chi connectivity index (χ0n) is 17.5. The van der Waals surface area contributed by atoms with Gasteiger partial charge in [-0.15, -0.1) is 0 Å². The van der Waals surface area contributed by atoms with Crippen LogP contribution in [0.2, 0.25) is 0 Å². The molecule has 1 aromatic carbocycles. The van der Waals surface area contributed by atoms with E-state index in [1.807, 2.05) is 18.1 Å². The van der Waals surface area contributed by atoms with Crippen molar-refractivity contribution in [3.8, 4) is 11.4 Å². The minimum absolute atomic E-state index is 0.109. The molecule has 4 rings (SSSR count). The van der Waals surface area contributed by atoms with Crippen molar-refractivity contribution in [3.05, 3.63) is 53.7 Å². The number of rotatable bonds is 6. The maximum atomic E-state index is 12.9. The molecule has 0 bridgehead atoms. The Morgan fingerprint density at radius 3 is 2.66 bits per heavy atom. The maximum Gasteiger partial charge on any atom is 0.416 e. The number of carbonyl (C=O) groups excluding carboxylic acids is 1. The summed E-state index contributed by atoms with van der Waals surface area (Å²) in [6.45, 7) is 2.88. The number of hydrogen-bond acceptors (Lipinski definition) is 6. The summed E-state index contributed by atoms with van der Waals surface area (Å²) in [6.07, 6.45) is 0.340. The Morgan fingerprint density at radius 2 is 1.97 bits per heavy atom. The lowest BCUT2D eigenvalue weighted by Gasteiger charge is -2.34. The number of halogens is 3. The summed E-state index contributed by atoms with van der Waals surface area (Å²) in [5, 5.41) is 7.93. The molecule has 8 nitrogen and oxygen atoms in total. The molecule has 0 unspecified atom stereocenters. The highest BCUT2D eigenvalue weighted by Gasteiger charge is 2.31. The van der Waals surface area contributed by atoms with Gasteiger partial charge in [-0.25, -0.2) is 0 Å². The number of aryl methyl sites for hydroxylation is 2. The minimum atomic E-state index is -4.43. The van der Waals surface area contributed by atoms with Gasteiger partial charge in [0.15, 0.2) is 0 Å². The van der Waals surface area contributed by atoms with E-state index in [9.17, 15) is 18.0 Å². The summed E-state index contributed by atoms with van der Waals surface area (Å²) in [4.78, 5) is 20.6. The van der Waals surface area contributed by atoms with E-state index in [0.717, 1.165) is 17.7 Å². The van der Waals surface area contributed by atoms with Crippen LogP contribution in [0.25, 0.3) is 11.4 Å². The molecular weight excluding hydrogens is 425 g/mol. The van der Waals surface area contributed by atoms with E-state index in [0.29, 0.717) is 51.5 Å². The molecule has 32 heavy (non-hydrogen) atoms. The lowest BCUT2D eigenvalue weighted by atomic mass is 10.1. The second kappa shape index (κ2) is 9.11. The summed E-state index contributed by atoms with van der Waals surface area (Å²) < 4.78 is 45.7. The zero-order chi connectivity index (χ0) is 22.7. The van der Waals surface area contributed by atoms with Gasteiger partial charge in [0, 0.05) is 51.4 Å². The maximum absolute atomic E-state index is 12.9. The molecule has 1 saturated heterocycles. The topological polar surface area (TPSA) is 80.3 Å². The number of nitrogens with zero attached hydrogens (tertiary/aromatic N) is 6. The van der Waals surface area contributed by atoms with Crippen LogP contribution in [-0.4, -0.2) is 61.8 Å². The molecular formula is C21H23F3N6O2. The SMILES string of the molecule is Cn1cc(CCC(=O)N2CCN(Cc3nc(-c4cccc(C(F)(F)F)c4)no3)CC2)cn1. The minimum Gasteiger partial charge on any atom is -0.340 e. The van der Waals surface area contributed by atoms with Gasteiger partial charge in [-0.05, 0) is 24.1 Å². The number of piperazine rings is 1. The highest BCUT2D eigenvalue weighted by Crippen LogP contribution is 2.31. The summed E-state index contributed by atoms with van der Waals surface area (Å²) >= 11 is 0. The number of benzene rings is 1. The Balaban J connectivity index is 1.28. The van der Waals surface area contributed by atoms with Crippen molar-refractivity contribution in [2.24, 2.45) is 7.05 Å². The van der Waals surface area contributed by atoms with E-state index in [2.05, 4.69) is 20.1 Å². The van der Waals surface area contributed by atoms with Crippen molar-refractivity contribution in [2.45, 2.75) is 25.6 Å². The molecule has 0 atom stereocenters. The lowest BCUT2D eigenvalue weighted by Crippen LogP contribution is -2.48. The van der Waals surface area contributed by atoms with Crippen LogP contribution in [0, 0.1) is 0 Å². The Bertz CT molecular complexity index is 1070. The molecule has 0 N–H and O–H groups in total. The van der Waals surface area contributed by atoms with Crippen LogP contribution in [-0.2, 0) is 31.0 Å². The molecule has 3 heterocycles. The monoisotopic (exact) mass is 448 g/mol. The Morgan fingerprint density at radius 1 is 1.19 bits per heavy atom. The van der Waals surface area contributed by atoms with Gasteiger partial charge in [0.25, 0.3) is 0 Å². The van der Waals surface area contributed by atoms with Crippen molar-refractivity contribution < 1.29 is 22.5 Å². The fourth-order valence-electron chi connectivity index (χ4n) is 3.63. The van der Waals surface area contributed by atoms with Gasteiger partial charge in [0.05, 0.1) is 18.3 Å². The van der Waals surface area contributed by atoms with Crippen molar-refractivity contribution in [3.63, 3.8) is 0 Å². The fraction of sp³-hybridized carbons (Fsp3) is 0.429. The van der Waals surface area contributed by atoms with Crippen LogP contribution in [0.1, 0.15) is 23.4 Å². The zero-order valence-corrected chi connectivity index (χ0v) is 17.5. The van der Waals surface area contributed by atoms with Gasteiger partial charge in [0.2, 0.25) is 17.6 Å². The van der Waals surface area contributed by atoms with E-state index >= 15 is 0 Å². The molecule has 0 spiro atoms. The van der Waals surface area contributed by atoms with Gasteiger partial charge in [-0.3, -0.25) is 14.4 Å². The summed E-state index contributed by atoms with van der Waals surface area (Å²) in [6, 6.07) is 4.84. The lowest BCUT2D eigenvalue weighted by molar-refractivity contribution is -0.137. The first-order valence-corrected chi connectivity index (χ1v) is 10.3. The number of hydrogen-bond donors (Lipinski definition) is 0. The molecule has 11 heteroatoms. The van der Waals surface area contributed by atoms with E-state index in [-0.39, 0.29) is 17.3 Å². The first-order valence-electron chi connectivity index (χ1n) is 10.3. The predicted octanol–water partition coefficient (Wildman–Crippen LogP) is 2.77. The molecule has 1 amide bonds. The summed E-state index contributed by atoms with van der Waals surface area (Å²) in [7, 11) is 1.84. The number of amides is 1. The Hall–Kier alpha value is -3.21. The highest BCUT2D eigenvalue weighted by atomic mass is 19.4. The first kappa shape index (κ1) is 22.0. The highest BCUT2D eigenvalue weighted by molar-refractivity contribution is 5.76. The van der Waals surface area contributed by atoms with Gasteiger partial charge < -0.3 is 9.42 Å². The number of aromatic nitrogens is 4. The summed E-state index contributed by atoms with van der Waals surface area (Å²) in [5.74, 6) is 0.558. The third-order valence-electron chi connectivity index (χ3n) is 5.39. The Labute approximate surface area is 182 Å². The second-order valence-corrected chi connectivity index (χ2v) is 7.77. The molecule has 3 aromatic rings. The van der Waals surface area contributed by atoms with Crippen LogP contribution in [0.4, 0.5) is 13.2 Å². The van der Waals surface area contributed by atoms with E-state index < -0.39 is 11.7 Å². The fourth-order valence-corrected chi connectivity index (χ4v) is 3.63. The third-order valence-corrected chi connectivity index (χ3v) is 5.39. The third kappa shape index (κ3) is 5.34. The van der Waals surface area contributed by atoms with Gasteiger partial charge in [-0.1, -0.05) is 17.3 Å². The molecule has 2 aromatic heterocycles. The van der Waals surface area contributed by atoms with Crippen molar-refractivity contribution in [1.82, 2.24) is 29.7 Å². The van der Waals surface area contributed by atoms with Gasteiger partial charge in [0.1, 0.15) is 0 Å². The predicted molar refractivity (Wildman–Crippen MR) is 108 cm³/mol. The van der Waals surface area contributed by atoms with E-state index in [4.69, 9.17) is 4.52 Å². The van der Waals surface area contributed by atoms with Crippen LogP contribution in [0.5, 0.6) is 0 Å². The van der Waals surface area contributed by atoms with Crippen molar-refractivity contribution >= 4 is 5.91 Å². The van der Waals surface area contributed by atoms with Crippen LogP contribution in [0.15, 0.2) is 41.2 Å². The van der Waals surface area contributed by atoms with Crippen molar-refractivity contribution in [1.29, 1.82) is 0 Å². The van der Waals surface area contributed by atoms with Gasteiger partial charge >= 0.3 is 6.18 Å². The first-order chi connectivity index (χ1) is 15.3. The molecule has 1 aliphatic rings. The second-order valence-electron chi connectivity index (χ2n) is 7.77. The van der Waals surface area contributed by atoms with E-state index in [1.54, 1.807) is 10.9 Å². The quantitative estimate of drug-likeness (QED) is 0.577. The van der Waals surface area contributed by atoms with E-state index in [1.165, 1.54) is 12.1 Å². The van der Waals surface area contributed by atoms with Crippen LogP contribution < -0.4 is 0 Å². The smallest absolute Gasteiger partial charge is 0.340 e. The molecule has 1 fully saturated rings. The normalized spacial score (nSPS) is 15.3. The molecule has 0 radical (unpaired) electrons. The van der Waals surface area contributed by atoms with Crippen LogP contribution >= 0.6 is 0 Å². The van der Waals surface area contributed by atoms with Crippen molar-refractivity contribution in [2.75, 3.05) is 26.2 Å². The average Bonchev–Trinajstić information content (AvgIpc) is 3.41. The number of alkyl halides is 3. The largest absolute Gasteiger partial charge is 0.416 e. The molecule has 170 valence electrons. The molecule has 0 aliphatic carbocycles. The molecule has 1 aliphatic heterocycles. The van der Waals surface area contributed by atoms with Crippen LogP contribution in [0.3, 0.4) is 0 Å². The molecule has 0 saturated carbocycles. The average molecular weight is 448 g/mol. The number of carbonyl (C=O) groups is 1. The van der Waals surface area contributed by atoms with Gasteiger partial charge in [-0.2, -0.15) is 23.3 Å². The standard InChI is InChI=1S/C21H23F3N6O2/c1-28-13-15(12-25-28)5-6-19(31)30-9-7-29(8-10-30)14-18-26-20(27-32-18)16-3-2-4-17(11-16)21(22,23)24/h2-4,11-13H,5-10,14H2,1H3. The summed E-state index contributed by atoms with van der Waals surface area (Å²) in [5.41, 5.74) is 0.525. The Kier molecular flexibility index (Phi) is 6.26.